The molecule has 3 nitrogen and oxygen atoms in total. The van der Waals surface area contributed by atoms with Gasteiger partial charge in [0.05, 0.1) is 5.41 Å². The van der Waals surface area contributed by atoms with Crippen LogP contribution in [-0.4, -0.2) is 15.0 Å². The Morgan fingerprint density at radius 1 is 0.373 bits per heavy atom. The van der Waals surface area contributed by atoms with Gasteiger partial charge in [-0.1, -0.05) is 172 Å². The lowest BCUT2D eigenvalue weighted by Crippen LogP contribution is -2.25. The zero-order valence-electron chi connectivity index (χ0n) is 32.5. The van der Waals surface area contributed by atoms with Gasteiger partial charge in [0.1, 0.15) is 0 Å². The van der Waals surface area contributed by atoms with Gasteiger partial charge in [-0.15, -0.1) is 11.3 Å². The number of aromatic nitrogens is 3. The van der Waals surface area contributed by atoms with E-state index in [1.54, 1.807) is 11.3 Å². The fourth-order valence-electron chi connectivity index (χ4n) is 10.8. The molecular weight excluding hydrogens is 735 g/mol. The molecule has 276 valence electrons. The molecule has 0 saturated heterocycles. The lowest BCUT2D eigenvalue weighted by Gasteiger charge is -2.30. The molecule has 2 aromatic heterocycles. The van der Waals surface area contributed by atoms with Gasteiger partial charge in [0.15, 0.2) is 17.5 Å². The molecule has 0 saturated carbocycles. The van der Waals surface area contributed by atoms with Crippen molar-refractivity contribution in [2.24, 2.45) is 0 Å². The van der Waals surface area contributed by atoms with E-state index in [1.807, 2.05) is 0 Å². The van der Waals surface area contributed by atoms with Gasteiger partial charge in [-0.2, -0.15) is 0 Å². The maximum absolute atomic E-state index is 5.44. The molecule has 13 rings (SSSR count). The number of benzene rings is 8. The molecule has 2 heterocycles. The van der Waals surface area contributed by atoms with Crippen LogP contribution in [-0.2, 0) is 10.8 Å². The summed E-state index contributed by atoms with van der Waals surface area (Å²) in [6, 6.07) is 64.4. The maximum atomic E-state index is 5.44. The van der Waals surface area contributed by atoms with Gasteiger partial charge in [0, 0.05) is 42.3 Å². The van der Waals surface area contributed by atoms with Crippen molar-refractivity contribution in [3.63, 3.8) is 0 Å². The van der Waals surface area contributed by atoms with Gasteiger partial charge in [0.2, 0.25) is 0 Å². The Balaban J connectivity index is 1.07. The summed E-state index contributed by atoms with van der Waals surface area (Å²) < 4.78 is 2.44. The summed E-state index contributed by atoms with van der Waals surface area (Å²) in [5.74, 6) is 2.03. The first-order valence-electron chi connectivity index (χ1n) is 20.4. The Kier molecular flexibility index (Phi) is 6.59. The van der Waals surface area contributed by atoms with Gasteiger partial charge >= 0.3 is 0 Å². The second kappa shape index (κ2) is 11.8. The van der Waals surface area contributed by atoms with Crippen molar-refractivity contribution in [1.29, 1.82) is 0 Å². The smallest absolute Gasteiger partial charge is 0.165 e. The molecule has 1 spiro atoms. The van der Waals surface area contributed by atoms with E-state index in [0.29, 0.717) is 17.5 Å². The largest absolute Gasteiger partial charge is 0.208 e. The van der Waals surface area contributed by atoms with Gasteiger partial charge in [-0.25, -0.2) is 15.0 Å². The SMILES string of the molecule is CC1(C)c2ccccc2-c2c(-c3nc(-c4ccc5c(c4)-c4ccccc4C54c5ccccc5-c5ccccc54)nc(-c4cccc5c4sc4ccccc45)n3)cccc21. The highest BCUT2D eigenvalue weighted by molar-refractivity contribution is 7.26. The maximum Gasteiger partial charge on any atom is 0.165 e. The molecule has 0 bridgehead atoms. The zero-order valence-corrected chi connectivity index (χ0v) is 33.3. The highest BCUT2D eigenvalue weighted by Crippen LogP contribution is 2.63. The molecule has 0 radical (unpaired) electrons. The third-order valence-corrected chi connectivity index (χ3v) is 14.6. The number of nitrogens with zero attached hydrogens (tertiary/aromatic N) is 3. The fraction of sp³-hybridized carbons (Fsp3) is 0.0727. The molecule has 0 amide bonds. The van der Waals surface area contributed by atoms with Crippen LogP contribution in [0.1, 0.15) is 47.2 Å². The quantitative estimate of drug-likeness (QED) is 0.180. The van der Waals surface area contributed by atoms with Gasteiger partial charge in [-0.05, 0) is 85.0 Å². The Bertz CT molecular complexity index is 3400. The van der Waals surface area contributed by atoms with Crippen LogP contribution in [0.5, 0.6) is 0 Å². The van der Waals surface area contributed by atoms with Crippen LogP contribution in [0.3, 0.4) is 0 Å². The summed E-state index contributed by atoms with van der Waals surface area (Å²) in [5, 5.41) is 2.48. The first-order valence-corrected chi connectivity index (χ1v) is 21.2. The highest BCUT2D eigenvalue weighted by Gasteiger charge is 2.51. The normalized spacial score (nSPS) is 14.5. The molecule has 0 atom stereocenters. The summed E-state index contributed by atoms with van der Waals surface area (Å²) in [6.07, 6.45) is 0. The molecule has 0 fully saturated rings. The second-order valence-corrected chi connectivity index (χ2v) is 17.7. The van der Waals surface area contributed by atoms with E-state index in [2.05, 4.69) is 190 Å². The van der Waals surface area contributed by atoms with E-state index >= 15 is 0 Å². The van der Waals surface area contributed by atoms with Crippen LogP contribution in [0.4, 0.5) is 0 Å². The van der Waals surface area contributed by atoms with Crippen LogP contribution in [0.25, 0.3) is 87.7 Å². The van der Waals surface area contributed by atoms with Crippen molar-refractivity contribution in [2.75, 3.05) is 0 Å². The molecule has 0 unspecified atom stereocenters. The second-order valence-electron chi connectivity index (χ2n) is 16.6. The molecule has 3 aliphatic carbocycles. The molecule has 3 aliphatic rings. The van der Waals surface area contributed by atoms with Crippen LogP contribution >= 0.6 is 11.3 Å². The topological polar surface area (TPSA) is 38.7 Å². The third-order valence-electron chi connectivity index (χ3n) is 13.4. The van der Waals surface area contributed by atoms with E-state index in [-0.39, 0.29) is 5.41 Å². The standard InChI is InChI=1S/C55H35N3S/c1-54(2)42-23-8-6-19-38(42)49-39(21-14-27-47(49)54)52-56-51(57-53(58-52)40-22-13-20-37-36-18-7-12-28-48(36)59-50(37)40)32-29-30-46-41(31-32)35-17-5-11-26-45(35)55(46)43-24-9-3-15-33(43)34-16-4-10-25-44(34)55/h3-31H,1-2H3. The van der Waals surface area contributed by atoms with Crippen molar-refractivity contribution >= 4 is 31.5 Å². The molecule has 10 aromatic rings. The molecular formula is C55H35N3S. The minimum absolute atomic E-state index is 0.149. The van der Waals surface area contributed by atoms with Crippen molar-refractivity contribution in [3.8, 4) is 67.5 Å². The summed E-state index contributed by atoms with van der Waals surface area (Å²) >= 11 is 1.80. The number of rotatable bonds is 3. The van der Waals surface area contributed by atoms with Crippen molar-refractivity contribution < 1.29 is 0 Å². The van der Waals surface area contributed by atoms with Crippen LogP contribution in [0, 0.1) is 0 Å². The predicted molar refractivity (Wildman–Crippen MR) is 243 cm³/mol. The van der Waals surface area contributed by atoms with E-state index in [1.165, 1.54) is 86.9 Å². The predicted octanol–water partition coefficient (Wildman–Crippen LogP) is 13.9. The van der Waals surface area contributed by atoms with Crippen LogP contribution in [0.2, 0.25) is 0 Å². The van der Waals surface area contributed by atoms with E-state index in [0.717, 1.165) is 16.7 Å². The van der Waals surface area contributed by atoms with Gasteiger partial charge in [0.25, 0.3) is 0 Å². The lowest BCUT2D eigenvalue weighted by molar-refractivity contribution is 0.660. The van der Waals surface area contributed by atoms with E-state index in [9.17, 15) is 0 Å². The van der Waals surface area contributed by atoms with Gasteiger partial charge in [-0.3, -0.25) is 0 Å². The Labute approximate surface area is 346 Å². The number of hydrogen-bond donors (Lipinski definition) is 0. The number of fused-ring (bicyclic) bond motifs is 16. The highest BCUT2D eigenvalue weighted by atomic mass is 32.1. The van der Waals surface area contributed by atoms with Crippen molar-refractivity contribution in [2.45, 2.75) is 24.7 Å². The van der Waals surface area contributed by atoms with Crippen molar-refractivity contribution in [1.82, 2.24) is 15.0 Å². The lowest BCUT2D eigenvalue weighted by atomic mass is 9.70. The van der Waals surface area contributed by atoms with E-state index in [4.69, 9.17) is 15.0 Å². The van der Waals surface area contributed by atoms with Crippen LogP contribution in [0.15, 0.2) is 176 Å². The summed E-state index contributed by atoms with van der Waals surface area (Å²) in [7, 11) is 0. The van der Waals surface area contributed by atoms with Gasteiger partial charge < -0.3 is 0 Å². The molecule has 59 heavy (non-hydrogen) atoms. The van der Waals surface area contributed by atoms with E-state index < -0.39 is 5.41 Å². The molecule has 8 aromatic carbocycles. The molecule has 4 heteroatoms. The number of thiophene rings is 1. The average molecular weight is 770 g/mol. The Morgan fingerprint density at radius 3 is 1.59 bits per heavy atom. The molecule has 0 aliphatic heterocycles. The first-order chi connectivity index (χ1) is 29.0. The summed E-state index contributed by atoms with van der Waals surface area (Å²) in [6.45, 7) is 4.65. The first kappa shape index (κ1) is 33.0. The zero-order chi connectivity index (χ0) is 39.0. The minimum Gasteiger partial charge on any atom is -0.208 e. The van der Waals surface area contributed by atoms with Crippen molar-refractivity contribution in [3.05, 3.63) is 209 Å². The summed E-state index contributed by atoms with van der Waals surface area (Å²) in [5.41, 5.74) is 17.9. The number of hydrogen-bond acceptors (Lipinski definition) is 4. The Hall–Kier alpha value is -7.01. The summed E-state index contributed by atoms with van der Waals surface area (Å²) in [4.78, 5) is 16.3. The van der Waals surface area contributed by atoms with Crippen LogP contribution < -0.4 is 0 Å². The fourth-order valence-corrected chi connectivity index (χ4v) is 12.1. The third kappa shape index (κ3) is 4.29. The Morgan fingerprint density at radius 2 is 0.864 bits per heavy atom. The molecule has 0 N–H and O–H groups in total. The average Bonchev–Trinajstić information content (AvgIpc) is 3.98. The minimum atomic E-state index is -0.408. The monoisotopic (exact) mass is 769 g/mol.